The van der Waals surface area contributed by atoms with Crippen molar-refractivity contribution in [2.24, 2.45) is 0 Å². The number of halogens is 1. The SMILES string of the molecule is CCNc1ncc(F)c(-c2cncc(OC)c2)n1. The Hall–Kier alpha value is -2.24. The molecule has 2 aromatic heterocycles. The van der Waals surface area contributed by atoms with E-state index in [1.165, 1.54) is 13.3 Å². The molecule has 0 aliphatic heterocycles. The number of hydrogen-bond donors (Lipinski definition) is 1. The van der Waals surface area contributed by atoms with Gasteiger partial charge in [0.25, 0.3) is 0 Å². The molecule has 0 saturated carbocycles. The van der Waals surface area contributed by atoms with Crippen molar-refractivity contribution in [1.82, 2.24) is 15.0 Å². The van der Waals surface area contributed by atoms with Gasteiger partial charge in [0.2, 0.25) is 5.95 Å². The molecule has 0 aromatic carbocycles. The van der Waals surface area contributed by atoms with Gasteiger partial charge in [0, 0.05) is 18.3 Å². The maximum atomic E-state index is 13.7. The van der Waals surface area contributed by atoms with Gasteiger partial charge in [-0.2, -0.15) is 0 Å². The lowest BCUT2D eigenvalue weighted by Crippen LogP contribution is -2.04. The minimum Gasteiger partial charge on any atom is -0.495 e. The molecule has 5 nitrogen and oxygen atoms in total. The molecule has 6 heteroatoms. The van der Waals surface area contributed by atoms with E-state index in [4.69, 9.17) is 4.74 Å². The zero-order chi connectivity index (χ0) is 13.0. The van der Waals surface area contributed by atoms with Crippen LogP contribution in [0.25, 0.3) is 11.3 Å². The molecule has 0 aliphatic carbocycles. The highest BCUT2D eigenvalue weighted by atomic mass is 19.1. The molecule has 2 rings (SSSR count). The molecule has 94 valence electrons. The second-order valence-electron chi connectivity index (χ2n) is 3.53. The van der Waals surface area contributed by atoms with E-state index in [0.29, 0.717) is 23.8 Å². The summed E-state index contributed by atoms with van der Waals surface area (Å²) in [4.78, 5) is 11.9. The molecule has 0 bridgehead atoms. The van der Waals surface area contributed by atoms with Crippen molar-refractivity contribution in [2.75, 3.05) is 19.0 Å². The van der Waals surface area contributed by atoms with Crippen molar-refractivity contribution in [1.29, 1.82) is 0 Å². The maximum absolute atomic E-state index is 13.7. The van der Waals surface area contributed by atoms with E-state index >= 15 is 0 Å². The van der Waals surface area contributed by atoms with Gasteiger partial charge in [-0.05, 0) is 13.0 Å². The number of hydrogen-bond acceptors (Lipinski definition) is 5. The highest BCUT2D eigenvalue weighted by Crippen LogP contribution is 2.23. The van der Waals surface area contributed by atoms with Gasteiger partial charge in [0.15, 0.2) is 5.82 Å². The van der Waals surface area contributed by atoms with Crippen LogP contribution < -0.4 is 10.1 Å². The molecule has 0 saturated heterocycles. The van der Waals surface area contributed by atoms with E-state index < -0.39 is 5.82 Å². The van der Waals surface area contributed by atoms with E-state index in [-0.39, 0.29) is 5.69 Å². The highest BCUT2D eigenvalue weighted by molar-refractivity contribution is 5.61. The van der Waals surface area contributed by atoms with Crippen molar-refractivity contribution in [2.45, 2.75) is 6.92 Å². The number of methoxy groups -OCH3 is 1. The summed E-state index contributed by atoms with van der Waals surface area (Å²) < 4.78 is 18.8. The Morgan fingerprint density at radius 3 is 2.89 bits per heavy atom. The van der Waals surface area contributed by atoms with E-state index in [1.54, 1.807) is 12.3 Å². The van der Waals surface area contributed by atoms with Crippen molar-refractivity contribution in [3.05, 3.63) is 30.5 Å². The third-order valence-electron chi connectivity index (χ3n) is 2.30. The fourth-order valence-electron chi connectivity index (χ4n) is 1.47. The molecule has 0 atom stereocenters. The van der Waals surface area contributed by atoms with Gasteiger partial charge in [0.05, 0.1) is 19.5 Å². The summed E-state index contributed by atoms with van der Waals surface area (Å²) in [5.74, 6) is 0.443. The van der Waals surface area contributed by atoms with Crippen LogP contribution >= 0.6 is 0 Å². The Morgan fingerprint density at radius 1 is 1.33 bits per heavy atom. The van der Waals surface area contributed by atoms with Crippen LogP contribution in [0, 0.1) is 5.82 Å². The number of ether oxygens (including phenoxy) is 1. The first-order valence-corrected chi connectivity index (χ1v) is 5.50. The van der Waals surface area contributed by atoms with Crippen LogP contribution in [-0.2, 0) is 0 Å². The second kappa shape index (κ2) is 5.39. The number of nitrogens with zero attached hydrogens (tertiary/aromatic N) is 3. The van der Waals surface area contributed by atoms with Gasteiger partial charge in [0.1, 0.15) is 11.4 Å². The molecular weight excluding hydrogens is 235 g/mol. The van der Waals surface area contributed by atoms with Gasteiger partial charge >= 0.3 is 0 Å². The average Bonchev–Trinajstić information content (AvgIpc) is 2.41. The largest absolute Gasteiger partial charge is 0.495 e. The van der Waals surface area contributed by atoms with E-state index in [0.717, 1.165) is 6.20 Å². The second-order valence-corrected chi connectivity index (χ2v) is 3.53. The molecule has 2 aromatic rings. The third-order valence-corrected chi connectivity index (χ3v) is 2.30. The van der Waals surface area contributed by atoms with Gasteiger partial charge < -0.3 is 10.1 Å². The molecule has 0 spiro atoms. The Kier molecular flexibility index (Phi) is 3.66. The summed E-state index contributed by atoms with van der Waals surface area (Å²) >= 11 is 0. The molecule has 0 unspecified atom stereocenters. The monoisotopic (exact) mass is 248 g/mol. The van der Waals surface area contributed by atoms with Crippen LogP contribution in [0.15, 0.2) is 24.7 Å². The normalized spacial score (nSPS) is 10.2. The highest BCUT2D eigenvalue weighted by Gasteiger charge is 2.10. The molecule has 0 fully saturated rings. The maximum Gasteiger partial charge on any atom is 0.223 e. The zero-order valence-corrected chi connectivity index (χ0v) is 10.1. The number of pyridine rings is 1. The average molecular weight is 248 g/mol. The number of aromatic nitrogens is 3. The number of anilines is 1. The predicted molar refractivity (Wildman–Crippen MR) is 65.9 cm³/mol. The molecule has 0 radical (unpaired) electrons. The number of nitrogens with one attached hydrogen (secondary N) is 1. The van der Waals surface area contributed by atoms with Crippen molar-refractivity contribution < 1.29 is 9.13 Å². The van der Waals surface area contributed by atoms with Crippen molar-refractivity contribution >= 4 is 5.95 Å². The minimum absolute atomic E-state index is 0.201. The van der Waals surface area contributed by atoms with Crippen LogP contribution in [-0.4, -0.2) is 28.6 Å². The van der Waals surface area contributed by atoms with Crippen LogP contribution in [0.3, 0.4) is 0 Å². The third kappa shape index (κ3) is 2.53. The summed E-state index contributed by atoms with van der Waals surface area (Å²) in [5, 5.41) is 2.93. The Balaban J connectivity index is 2.44. The first-order valence-electron chi connectivity index (χ1n) is 5.50. The Morgan fingerprint density at radius 2 is 2.17 bits per heavy atom. The summed E-state index contributed by atoms with van der Waals surface area (Å²) in [6.07, 6.45) is 4.22. The van der Waals surface area contributed by atoms with Gasteiger partial charge in [-0.25, -0.2) is 14.4 Å². The topological polar surface area (TPSA) is 59.9 Å². The zero-order valence-electron chi connectivity index (χ0n) is 10.1. The first kappa shape index (κ1) is 12.2. The van der Waals surface area contributed by atoms with Crippen LogP contribution in [0.2, 0.25) is 0 Å². The van der Waals surface area contributed by atoms with Crippen LogP contribution in [0.1, 0.15) is 6.92 Å². The van der Waals surface area contributed by atoms with E-state index in [9.17, 15) is 4.39 Å². The quantitative estimate of drug-likeness (QED) is 0.898. The van der Waals surface area contributed by atoms with Crippen LogP contribution in [0.4, 0.5) is 10.3 Å². The first-order chi connectivity index (χ1) is 8.74. The smallest absolute Gasteiger partial charge is 0.223 e. The van der Waals surface area contributed by atoms with E-state index in [2.05, 4.69) is 20.3 Å². The van der Waals surface area contributed by atoms with Crippen molar-refractivity contribution in [3.63, 3.8) is 0 Å². The van der Waals surface area contributed by atoms with Crippen molar-refractivity contribution in [3.8, 4) is 17.0 Å². The van der Waals surface area contributed by atoms with E-state index in [1.807, 2.05) is 6.92 Å². The van der Waals surface area contributed by atoms with Crippen LogP contribution in [0.5, 0.6) is 5.75 Å². The van der Waals surface area contributed by atoms with Gasteiger partial charge in [-0.15, -0.1) is 0 Å². The molecule has 1 N–H and O–H groups in total. The Labute approximate surface area is 104 Å². The summed E-state index contributed by atoms with van der Waals surface area (Å²) in [7, 11) is 1.53. The van der Waals surface area contributed by atoms with Gasteiger partial charge in [-0.3, -0.25) is 4.98 Å². The molecular formula is C12H13FN4O. The molecule has 18 heavy (non-hydrogen) atoms. The standard InChI is InChI=1S/C12H13FN4O/c1-3-15-12-16-7-10(13)11(17-12)8-4-9(18-2)6-14-5-8/h4-7H,3H2,1-2H3,(H,15,16,17). The van der Waals surface area contributed by atoms with Gasteiger partial charge in [-0.1, -0.05) is 0 Å². The predicted octanol–water partition coefficient (Wildman–Crippen LogP) is 2.12. The molecule has 0 amide bonds. The Bertz CT molecular complexity index is 547. The lowest BCUT2D eigenvalue weighted by molar-refractivity contribution is 0.413. The summed E-state index contributed by atoms with van der Waals surface area (Å²) in [6.45, 7) is 2.58. The number of rotatable bonds is 4. The summed E-state index contributed by atoms with van der Waals surface area (Å²) in [5.41, 5.74) is 0.751. The molecule has 2 heterocycles. The summed E-state index contributed by atoms with van der Waals surface area (Å²) in [6, 6.07) is 1.67. The fraction of sp³-hybridized carbons (Fsp3) is 0.250. The lowest BCUT2D eigenvalue weighted by Gasteiger charge is -2.06. The fourth-order valence-corrected chi connectivity index (χ4v) is 1.47. The molecule has 0 aliphatic rings. The minimum atomic E-state index is -0.494. The lowest BCUT2D eigenvalue weighted by atomic mass is 10.2.